The molecule has 2 N–H and O–H groups in total. The average Bonchev–Trinajstić information content (AvgIpc) is 3.42. The minimum absolute atomic E-state index is 0.312. The van der Waals surface area contributed by atoms with Crippen LogP contribution in [0.5, 0.6) is 11.5 Å². The van der Waals surface area contributed by atoms with E-state index < -0.39 is 0 Å². The summed E-state index contributed by atoms with van der Waals surface area (Å²) in [6, 6.07) is 5.56. The van der Waals surface area contributed by atoms with Crippen molar-refractivity contribution in [2.24, 2.45) is 0 Å². The smallest absolute Gasteiger partial charge is 0.293 e. The Bertz CT molecular complexity index is 624. The minimum Gasteiger partial charge on any atom is -0.486 e. The first-order valence-electron chi connectivity index (χ1n) is 13.4. The number of likely N-dealkylation sites (N-methyl/N-ethyl adjacent to an activating group) is 1. The molecule has 0 amide bonds. The van der Waals surface area contributed by atoms with Crippen molar-refractivity contribution < 1.29 is 28.9 Å². The number of ether oxygens (including phenoxy) is 3. The van der Waals surface area contributed by atoms with Crippen LogP contribution in [0.1, 0.15) is 83.8 Å². The number of unbranched alkanes of at least 4 members (excludes halogenated alkanes) is 5. The van der Waals surface area contributed by atoms with E-state index in [-0.39, 0.29) is 6.10 Å². The number of carbonyl (C=O) groups excluding carboxylic acids is 2. The number of benzene rings is 1. The van der Waals surface area contributed by atoms with Gasteiger partial charge in [-0.2, -0.15) is 0 Å². The lowest BCUT2D eigenvalue weighted by Crippen LogP contribution is -2.20. The molecule has 0 spiro atoms. The number of hydrogen-bond acceptors (Lipinski definition) is 8. The molecular formula is C28H52N2O6. The Morgan fingerprint density at radius 3 is 2.14 bits per heavy atom. The van der Waals surface area contributed by atoms with Gasteiger partial charge < -0.3 is 34.3 Å². The number of nitrogens with one attached hydrogen (secondary N) is 1. The van der Waals surface area contributed by atoms with Gasteiger partial charge in [-0.05, 0) is 64.1 Å². The molecular weight excluding hydrogens is 460 g/mol. The molecule has 0 saturated carbocycles. The monoisotopic (exact) mass is 512 g/mol. The third kappa shape index (κ3) is 18.2. The maximum absolute atomic E-state index is 10.4. The first-order valence-corrected chi connectivity index (χ1v) is 13.4. The summed E-state index contributed by atoms with van der Waals surface area (Å²) in [6.45, 7) is 11.0. The van der Waals surface area contributed by atoms with Crippen molar-refractivity contribution in [3.63, 3.8) is 0 Å². The molecule has 2 heterocycles. The molecule has 210 valence electrons. The number of aliphatic hydroxyl groups is 1. The minimum atomic E-state index is -0.312. The molecule has 1 aromatic carbocycles. The molecule has 1 saturated heterocycles. The lowest BCUT2D eigenvalue weighted by molar-refractivity contribution is -0.133. The molecule has 8 heteroatoms. The molecule has 0 aromatic heterocycles. The van der Waals surface area contributed by atoms with Crippen molar-refractivity contribution in [3.05, 3.63) is 23.8 Å². The third-order valence-corrected chi connectivity index (χ3v) is 5.30. The third-order valence-electron chi connectivity index (χ3n) is 5.30. The van der Waals surface area contributed by atoms with Crippen molar-refractivity contribution in [1.82, 2.24) is 10.2 Å². The molecule has 0 bridgehead atoms. The van der Waals surface area contributed by atoms with Gasteiger partial charge in [-0.25, -0.2) is 0 Å². The number of rotatable bonds is 11. The Kier molecular flexibility index (Phi) is 27.4. The van der Waals surface area contributed by atoms with E-state index in [1.54, 1.807) is 7.05 Å². The Morgan fingerprint density at radius 2 is 1.64 bits per heavy atom. The van der Waals surface area contributed by atoms with E-state index in [1.807, 2.05) is 32.0 Å². The number of hydrogen-bond donors (Lipinski definition) is 2. The summed E-state index contributed by atoms with van der Waals surface area (Å²) in [5.41, 5.74) is 0.885. The van der Waals surface area contributed by atoms with Crippen molar-refractivity contribution in [1.29, 1.82) is 0 Å². The van der Waals surface area contributed by atoms with Gasteiger partial charge in [-0.3, -0.25) is 4.79 Å². The predicted molar refractivity (Wildman–Crippen MR) is 147 cm³/mol. The molecule has 0 aliphatic carbocycles. The summed E-state index contributed by atoms with van der Waals surface area (Å²) >= 11 is 0. The van der Waals surface area contributed by atoms with E-state index in [9.17, 15) is 9.59 Å². The largest absolute Gasteiger partial charge is 0.486 e. The zero-order valence-electron chi connectivity index (χ0n) is 23.6. The van der Waals surface area contributed by atoms with Crippen LogP contribution >= 0.6 is 0 Å². The van der Waals surface area contributed by atoms with Gasteiger partial charge in [0.25, 0.3) is 6.47 Å². The van der Waals surface area contributed by atoms with Gasteiger partial charge in [0.05, 0.1) is 0 Å². The number of carbonyl (C=O) groups is 2. The van der Waals surface area contributed by atoms with Gasteiger partial charge in [0.15, 0.2) is 11.5 Å². The van der Waals surface area contributed by atoms with E-state index in [1.165, 1.54) is 51.6 Å². The molecule has 1 aromatic rings. The van der Waals surface area contributed by atoms with Crippen LogP contribution in [-0.2, 0) is 14.3 Å². The highest BCUT2D eigenvalue weighted by atomic mass is 16.6. The Hall–Kier alpha value is -2.16. The zero-order chi connectivity index (χ0) is 27.4. The van der Waals surface area contributed by atoms with Crippen LogP contribution in [0, 0.1) is 0 Å². The van der Waals surface area contributed by atoms with E-state index in [0.29, 0.717) is 32.0 Å². The lowest BCUT2D eigenvalue weighted by Gasteiger charge is -2.21. The van der Waals surface area contributed by atoms with E-state index >= 15 is 0 Å². The number of nitrogens with zero attached hydrogens (tertiary/aromatic N) is 1. The number of likely N-dealkylation sites (tertiary alicyclic amines) is 1. The van der Waals surface area contributed by atoms with Gasteiger partial charge in [0.2, 0.25) is 0 Å². The fourth-order valence-corrected chi connectivity index (χ4v) is 3.46. The normalized spacial score (nSPS) is 14.1. The summed E-state index contributed by atoms with van der Waals surface area (Å²) < 4.78 is 15.9. The van der Waals surface area contributed by atoms with E-state index in [2.05, 4.69) is 24.2 Å². The van der Waals surface area contributed by atoms with Crippen LogP contribution in [0.15, 0.2) is 18.2 Å². The topological polar surface area (TPSA) is 97.3 Å². The molecule has 1 unspecified atom stereocenters. The van der Waals surface area contributed by atoms with Crippen molar-refractivity contribution >= 4 is 12.8 Å². The van der Waals surface area contributed by atoms with E-state index in [4.69, 9.17) is 19.3 Å². The van der Waals surface area contributed by atoms with Gasteiger partial charge in [0.1, 0.15) is 25.6 Å². The second kappa shape index (κ2) is 27.4. The summed E-state index contributed by atoms with van der Waals surface area (Å²) in [5, 5.41) is 9.98. The molecule has 3 rings (SSSR count). The molecule has 1 fully saturated rings. The second-order valence-electron chi connectivity index (χ2n) is 8.06. The lowest BCUT2D eigenvalue weighted by atomic mass is 10.1. The number of fused-ring (bicyclic) bond motifs is 1. The number of aliphatic hydroxyl groups excluding tert-OH is 1. The first-order chi connectivity index (χ1) is 17.7. The summed E-state index contributed by atoms with van der Waals surface area (Å²) in [5.74, 6) is 1.43. The van der Waals surface area contributed by atoms with Crippen LogP contribution in [0.2, 0.25) is 0 Å². The van der Waals surface area contributed by atoms with Crippen molar-refractivity contribution in [2.75, 3.05) is 54.1 Å². The van der Waals surface area contributed by atoms with Crippen molar-refractivity contribution in [2.45, 2.75) is 78.2 Å². The Balaban J connectivity index is 0. The van der Waals surface area contributed by atoms with E-state index in [0.717, 1.165) is 37.6 Å². The van der Waals surface area contributed by atoms with Crippen LogP contribution in [-0.4, -0.2) is 76.8 Å². The highest BCUT2D eigenvalue weighted by molar-refractivity contribution is 5.49. The second-order valence-corrected chi connectivity index (χ2v) is 8.06. The van der Waals surface area contributed by atoms with Gasteiger partial charge in [0, 0.05) is 20.1 Å². The molecule has 8 nitrogen and oxygen atoms in total. The SMILES string of the molecule is CC.CCCCCCCC=O.CN1CCCC1.CNCC(OC=O)c1ccc2c(c1)OCCO2.CO. The predicted octanol–water partition coefficient (Wildman–Crippen LogP) is 4.78. The molecule has 2 aliphatic rings. The quantitative estimate of drug-likeness (QED) is 0.323. The Morgan fingerprint density at radius 1 is 1.03 bits per heavy atom. The maximum atomic E-state index is 10.4. The fraction of sp³-hybridized carbons (Fsp3) is 0.714. The van der Waals surface area contributed by atoms with Gasteiger partial charge in [-0.15, -0.1) is 0 Å². The fourth-order valence-electron chi connectivity index (χ4n) is 3.46. The standard InChI is InChI=1S/C12H15NO4.C8H16O.C5H11N.C2H6.CH4O/c1-13-7-12(17-8-14)9-2-3-10-11(6-9)16-5-4-15-10;1-2-3-4-5-6-7-8-9;1-6-4-2-3-5-6;2*1-2/h2-3,6,8,12-13H,4-5,7H2,1H3;8H,2-7H2,1H3;2-5H2,1H3;1-2H3;2H,1H3. The van der Waals surface area contributed by atoms with Gasteiger partial charge >= 0.3 is 0 Å². The highest BCUT2D eigenvalue weighted by Gasteiger charge is 2.17. The average molecular weight is 513 g/mol. The summed E-state index contributed by atoms with van der Waals surface area (Å²) in [4.78, 5) is 22.6. The van der Waals surface area contributed by atoms with Crippen LogP contribution in [0.3, 0.4) is 0 Å². The van der Waals surface area contributed by atoms with Crippen molar-refractivity contribution in [3.8, 4) is 11.5 Å². The first kappa shape index (κ1) is 36.0. The zero-order valence-corrected chi connectivity index (χ0v) is 23.6. The van der Waals surface area contributed by atoms with Crippen LogP contribution in [0.25, 0.3) is 0 Å². The molecule has 1 atom stereocenters. The van der Waals surface area contributed by atoms with Crippen LogP contribution in [0.4, 0.5) is 0 Å². The molecule has 2 aliphatic heterocycles. The van der Waals surface area contributed by atoms with Crippen LogP contribution < -0.4 is 14.8 Å². The molecule has 36 heavy (non-hydrogen) atoms. The maximum Gasteiger partial charge on any atom is 0.293 e. The summed E-state index contributed by atoms with van der Waals surface area (Å²) in [7, 11) is 4.98. The highest BCUT2D eigenvalue weighted by Crippen LogP contribution is 2.33. The Labute approximate surface area is 219 Å². The molecule has 0 radical (unpaired) electrons. The number of aldehydes is 1. The van der Waals surface area contributed by atoms with Gasteiger partial charge in [-0.1, -0.05) is 52.5 Å². The summed E-state index contributed by atoms with van der Waals surface area (Å²) in [6.07, 6.45) is 10.5.